The lowest BCUT2D eigenvalue weighted by Crippen LogP contribution is -2.54. The van der Waals surface area contributed by atoms with Crippen LogP contribution in [0.4, 0.5) is 0 Å². The lowest BCUT2D eigenvalue weighted by molar-refractivity contribution is -0.555. The quantitative estimate of drug-likeness (QED) is 0.0483. The summed E-state index contributed by atoms with van der Waals surface area (Å²) in [6.07, 6.45) is 7.12. The van der Waals surface area contributed by atoms with Crippen LogP contribution in [0.25, 0.3) is 15.9 Å². The van der Waals surface area contributed by atoms with Crippen LogP contribution in [-0.2, 0) is 48.0 Å². The molecule has 6 rings (SSSR count). The average Bonchev–Trinajstić information content (AvgIpc) is 3.93. The summed E-state index contributed by atoms with van der Waals surface area (Å²) in [7, 11) is -1.24. The van der Waals surface area contributed by atoms with Crippen LogP contribution in [0.2, 0.25) is 0 Å². The summed E-state index contributed by atoms with van der Waals surface area (Å²) in [5.41, 5.74) is 8.72. The van der Waals surface area contributed by atoms with Crippen LogP contribution in [0.3, 0.4) is 0 Å². The van der Waals surface area contributed by atoms with Gasteiger partial charge >= 0.3 is 5.69 Å². The Balaban J connectivity index is -0.000000331. The van der Waals surface area contributed by atoms with Crippen LogP contribution in [0.1, 0.15) is 34.3 Å². The third kappa shape index (κ3) is 15.1. The number of nitrogens with one attached hydrogen (secondary N) is 1. The van der Waals surface area contributed by atoms with Crippen molar-refractivity contribution in [2.75, 3.05) is 25.2 Å². The molecule has 0 aliphatic carbocycles. The van der Waals surface area contributed by atoms with Crippen LogP contribution in [0.5, 0.6) is 5.75 Å². The maximum Gasteiger partial charge on any atom is 0.352 e. The van der Waals surface area contributed by atoms with Gasteiger partial charge in [-0.15, -0.1) is 26.4 Å². The number of rotatable bonds is 10. The Morgan fingerprint density at radius 3 is 1.98 bits per heavy atom. The molecule has 0 saturated carbocycles. The van der Waals surface area contributed by atoms with Crippen LogP contribution < -0.4 is 10.4 Å². The number of hydrogen-bond acceptors (Lipinski definition) is 16. The Hall–Kier alpha value is -7.62. The van der Waals surface area contributed by atoms with Crippen molar-refractivity contribution in [2.24, 2.45) is 15.7 Å². The minimum absolute atomic E-state index is 0. The molecule has 3 aromatic heterocycles. The SMILES string of the molecule is C#CC#CC#CC#CC#CC#CC#CC#CC#CC#CC.COc1ccc(Cn2c(=O)n3ncnc3c3c4c(sc32)CN(C2CS(=O)(=O)C2)CC4)cc1.N=N/N=N/N(OOS)OOS.[HH].[HH].[HH].[HH].[HH].[HH].[HH].[HH]. The van der Waals surface area contributed by atoms with Gasteiger partial charge in [-0.1, -0.05) is 18.1 Å². The summed E-state index contributed by atoms with van der Waals surface area (Å²) >= 11 is 7.95. The van der Waals surface area contributed by atoms with Gasteiger partial charge in [-0.05, 0) is 152 Å². The Morgan fingerprint density at radius 1 is 0.922 bits per heavy atom. The van der Waals surface area contributed by atoms with Crippen molar-refractivity contribution in [3.8, 4) is 125 Å². The molecule has 0 radical (unpaired) electrons. The van der Waals surface area contributed by atoms with Crippen LogP contribution in [0, 0.1) is 124 Å². The predicted molar refractivity (Wildman–Crippen MR) is 257 cm³/mol. The first kappa shape index (κ1) is 49.0. The second-order valence-electron chi connectivity index (χ2n) is 11.7. The molecule has 0 atom stereocenters. The number of sulfone groups is 1. The molecule has 5 heterocycles. The van der Waals surface area contributed by atoms with Gasteiger partial charge < -0.3 is 4.74 Å². The van der Waals surface area contributed by atoms with E-state index in [1.165, 1.54) is 21.3 Å². The minimum atomic E-state index is -2.87. The van der Waals surface area contributed by atoms with E-state index in [2.05, 4.69) is 188 Å². The highest BCUT2D eigenvalue weighted by molar-refractivity contribution is 7.92. The zero-order valence-electron chi connectivity index (χ0n) is 33.3. The van der Waals surface area contributed by atoms with Crippen LogP contribution >= 0.6 is 37.2 Å². The highest BCUT2D eigenvalue weighted by atomic mass is 32.2. The first-order valence-electron chi connectivity index (χ1n) is 17.6. The van der Waals surface area contributed by atoms with Gasteiger partial charge in [-0.3, -0.25) is 9.47 Å². The first-order chi connectivity index (χ1) is 31.2. The number of thiophene rings is 1. The summed E-state index contributed by atoms with van der Waals surface area (Å²) in [6.45, 7) is 3.62. The van der Waals surface area contributed by atoms with Gasteiger partial charge in [0.1, 0.15) is 16.9 Å². The van der Waals surface area contributed by atoms with E-state index >= 15 is 0 Å². The molecular formula is C42H44N10O8S4. The summed E-state index contributed by atoms with van der Waals surface area (Å²) in [4.78, 5) is 30.0. The molecule has 1 saturated heterocycles. The number of thiol groups is 2. The van der Waals surface area contributed by atoms with E-state index in [4.69, 9.17) is 16.7 Å². The van der Waals surface area contributed by atoms with Gasteiger partial charge in [-0.2, -0.15) is 15.1 Å². The van der Waals surface area contributed by atoms with E-state index in [9.17, 15) is 13.2 Å². The van der Waals surface area contributed by atoms with Crippen molar-refractivity contribution in [1.82, 2.24) is 29.4 Å². The molecule has 18 nitrogen and oxygen atoms in total. The maximum absolute atomic E-state index is 13.3. The van der Waals surface area contributed by atoms with E-state index in [0.717, 1.165) is 34.5 Å². The minimum Gasteiger partial charge on any atom is -0.497 e. The van der Waals surface area contributed by atoms with E-state index < -0.39 is 9.84 Å². The molecule has 1 N–H and O–H groups in total. The first-order valence-corrected chi connectivity index (χ1v) is 20.9. The number of nitrogens with zero attached hydrogens (tertiary/aromatic N) is 9. The molecule has 0 bridgehead atoms. The smallest absolute Gasteiger partial charge is 0.352 e. The fourth-order valence-corrected chi connectivity index (χ4v) is 8.39. The molecule has 2 aliphatic heterocycles. The molecule has 1 aromatic carbocycles. The second-order valence-corrected chi connectivity index (χ2v) is 15.2. The van der Waals surface area contributed by atoms with E-state index in [1.807, 2.05) is 24.3 Å². The fourth-order valence-electron chi connectivity index (χ4n) is 5.41. The van der Waals surface area contributed by atoms with Crippen molar-refractivity contribution in [2.45, 2.75) is 32.5 Å². The molecule has 22 heteroatoms. The molecular weight excluding hydrogens is 901 g/mol. The number of fused-ring (bicyclic) bond motifs is 5. The van der Waals surface area contributed by atoms with Gasteiger partial charge in [0.15, 0.2) is 15.5 Å². The molecule has 64 heavy (non-hydrogen) atoms. The topological polar surface area (TPSA) is 200 Å². The molecule has 4 aromatic rings. The zero-order chi connectivity index (χ0) is 46.0. The van der Waals surface area contributed by atoms with Crippen LogP contribution in [0.15, 0.2) is 51.1 Å². The molecule has 2 aliphatic rings. The number of methoxy groups -OCH3 is 1. The number of ether oxygens (including phenoxy) is 1. The van der Waals surface area contributed by atoms with Crippen molar-refractivity contribution >= 4 is 62.9 Å². The normalized spacial score (nSPS) is 12.4. The maximum atomic E-state index is 13.3. The van der Waals surface area contributed by atoms with E-state index in [0.29, 0.717) is 18.7 Å². The Bertz CT molecular complexity index is 3230. The van der Waals surface area contributed by atoms with Crippen molar-refractivity contribution in [1.29, 1.82) is 5.53 Å². The van der Waals surface area contributed by atoms with Crippen molar-refractivity contribution in [3.63, 3.8) is 0 Å². The highest BCUT2D eigenvalue weighted by Crippen LogP contribution is 2.38. The van der Waals surface area contributed by atoms with Gasteiger partial charge in [0.25, 0.3) is 0 Å². The number of terminal acetylenes is 1. The van der Waals surface area contributed by atoms with E-state index in [1.54, 1.807) is 29.9 Å². The van der Waals surface area contributed by atoms with Gasteiger partial charge in [-0.25, -0.2) is 18.2 Å². The summed E-state index contributed by atoms with van der Waals surface area (Å²) in [5, 5.41) is 13.6. The summed E-state index contributed by atoms with van der Waals surface area (Å²) < 4.78 is 39.2. The monoisotopic (exact) mass is 944 g/mol. The third-order valence-electron chi connectivity index (χ3n) is 7.95. The molecule has 0 unspecified atom stereocenters. The molecule has 0 amide bonds. The van der Waals surface area contributed by atoms with Gasteiger partial charge in [0, 0.05) is 78.3 Å². The Labute approximate surface area is 394 Å². The fraction of sp³-hybridized carbons (Fsp3) is 0.214. The van der Waals surface area contributed by atoms with Gasteiger partial charge in [0.05, 0.1) is 35.9 Å². The highest BCUT2D eigenvalue weighted by Gasteiger charge is 2.39. The van der Waals surface area contributed by atoms with Gasteiger partial charge in [0.2, 0.25) is 0 Å². The number of hydrogen-bond donors (Lipinski definition) is 3. The van der Waals surface area contributed by atoms with Crippen molar-refractivity contribution < 1.29 is 43.2 Å². The lowest BCUT2D eigenvalue weighted by Gasteiger charge is -2.39. The molecule has 334 valence electrons. The lowest BCUT2D eigenvalue weighted by atomic mass is 10.0. The Kier molecular flexibility index (Phi) is 20.4. The number of benzene rings is 1. The predicted octanol–water partition coefficient (Wildman–Crippen LogP) is 4.97. The number of aromatic nitrogens is 4. The third-order valence-corrected chi connectivity index (χ3v) is 11.1. The summed E-state index contributed by atoms with van der Waals surface area (Å²) in [6, 6.07) is 7.77. The standard InChI is InChI=1S/C21H21N5O4S2.C21H4.H3N5O4S2.8H2/c1-30-15-4-2-13(3-5-15)8-25-20-18(19-22-12-23-26(19)21(25)27)16-6-7-24(9-17(16)31-20)14-10-32(28,29)11-14;1-3-5-7-9-11-13-15-17-19-21-20-18-16-14-12-10-8-6-4-2;1-2-3-4-5(6-8-10)7-9-11;;;;;;;;/h2-5,12,14H,6-11H2,1H3;1H,2H3;1,10-11H;8*1H/b;;2-1?,4-3+;;;;;;;;. The zero-order valence-corrected chi connectivity index (χ0v) is 36.7. The average molecular weight is 945 g/mol. The largest absolute Gasteiger partial charge is 0.497 e. The Morgan fingerprint density at radius 2 is 1.48 bits per heavy atom. The summed E-state index contributed by atoms with van der Waals surface area (Å²) in [5.74, 6) is 48.2. The second kappa shape index (κ2) is 26.7. The molecule has 1 fully saturated rings. The molecule has 0 spiro atoms. The van der Waals surface area contributed by atoms with Crippen molar-refractivity contribution in [3.05, 3.63) is 57.1 Å². The van der Waals surface area contributed by atoms with E-state index in [-0.39, 0.29) is 40.0 Å². The van der Waals surface area contributed by atoms with Crippen LogP contribution in [-0.4, -0.2) is 69.0 Å².